The topological polar surface area (TPSA) is 69.0 Å². The van der Waals surface area contributed by atoms with Gasteiger partial charge in [0.05, 0.1) is 24.1 Å². The molecule has 1 aromatic heterocycles. The van der Waals surface area contributed by atoms with Crippen LogP contribution in [0.15, 0.2) is 51.7 Å². The van der Waals surface area contributed by atoms with E-state index >= 15 is 0 Å². The molecule has 29 heavy (non-hydrogen) atoms. The van der Waals surface area contributed by atoms with Crippen LogP contribution in [-0.2, 0) is 4.74 Å². The number of carbonyl (C=O) groups is 1. The Balaban J connectivity index is 1.92. The fourth-order valence-corrected chi connectivity index (χ4v) is 3.76. The van der Waals surface area contributed by atoms with Crippen molar-refractivity contribution in [3.05, 3.63) is 75.4 Å². The number of hydrogen-bond donors (Lipinski definition) is 0. The quantitative estimate of drug-likeness (QED) is 0.596. The van der Waals surface area contributed by atoms with E-state index in [4.69, 9.17) is 13.9 Å². The number of halogens is 1. The summed E-state index contributed by atoms with van der Waals surface area (Å²) < 4.78 is 29.9. The maximum atomic E-state index is 13.8. The van der Waals surface area contributed by atoms with Crippen LogP contribution in [0.1, 0.15) is 34.1 Å². The van der Waals surface area contributed by atoms with Gasteiger partial charge in [-0.2, -0.15) is 0 Å². The number of carbonyl (C=O) groups excluding carboxylic acids is 1. The van der Waals surface area contributed by atoms with E-state index in [2.05, 4.69) is 0 Å². The predicted molar refractivity (Wildman–Crippen MR) is 105 cm³/mol. The highest BCUT2D eigenvalue weighted by molar-refractivity contribution is 5.99. The summed E-state index contributed by atoms with van der Waals surface area (Å²) in [5, 5.41) is 0.114. The summed E-state index contributed by atoms with van der Waals surface area (Å²) in [6, 6.07) is 10.3. The van der Waals surface area contributed by atoms with Gasteiger partial charge < -0.3 is 18.8 Å². The van der Waals surface area contributed by atoms with Crippen molar-refractivity contribution in [3.63, 3.8) is 0 Å². The second-order valence-corrected chi connectivity index (χ2v) is 6.84. The summed E-state index contributed by atoms with van der Waals surface area (Å²) in [7, 11) is 3.14. The molecule has 2 heterocycles. The van der Waals surface area contributed by atoms with Gasteiger partial charge in [0, 0.05) is 20.3 Å². The largest absolute Gasteiger partial charge is 0.497 e. The van der Waals surface area contributed by atoms with Gasteiger partial charge in [0.25, 0.3) is 5.91 Å². The van der Waals surface area contributed by atoms with Gasteiger partial charge in [0.15, 0.2) is 5.43 Å². The van der Waals surface area contributed by atoms with Crippen LogP contribution in [0, 0.1) is 5.82 Å². The minimum Gasteiger partial charge on any atom is -0.497 e. The Hall–Kier alpha value is -3.19. The Morgan fingerprint density at radius 3 is 2.72 bits per heavy atom. The summed E-state index contributed by atoms with van der Waals surface area (Å²) in [6.45, 7) is 0.850. The van der Waals surface area contributed by atoms with Crippen molar-refractivity contribution < 1.29 is 23.1 Å². The number of amides is 1. The highest BCUT2D eigenvalue weighted by Crippen LogP contribution is 2.39. The van der Waals surface area contributed by atoms with Crippen molar-refractivity contribution in [2.45, 2.75) is 12.5 Å². The standard InChI is InChI=1S/C22H20FNO5/c1-27-10-4-9-24-19(13-5-3-6-15(11-13)28-2)18-20(25)16-12-14(23)7-8-17(16)29-21(18)22(24)26/h3,5-8,11-12,19H,4,9-10H2,1-2H3. The molecule has 150 valence electrons. The van der Waals surface area contributed by atoms with Gasteiger partial charge >= 0.3 is 0 Å². The van der Waals surface area contributed by atoms with Gasteiger partial charge in [-0.1, -0.05) is 12.1 Å². The third kappa shape index (κ3) is 3.27. The Morgan fingerprint density at radius 1 is 1.14 bits per heavy atom. The van der Waals surface area contributed by atoms with Crippen LogP contribution in [0.3, 0.4) is 0 Å². The first kappa shape index (κ1) is 19.1. The predicted octanol–water partition coefficient (Wildman–Crippen LogP) is 3.52. The van der Waals surface area contributed by atoms with Crippen molar-refractivity contribution in [3.8, 4) is 5.75 Å². The molecule has 0 fully saturated rings. The maximum Gasteiger partial charge on any atom is 0.290 e. The van der Waals surface area contributed by atoms with E-state index in [-0.39, 0.29) is 28.2 Å². The first-order chi connectivity index (χ1) is 14.0. The van der Waals surface area contributed by atoms with Crippen molar-refractivity contribution >= 4 is 16.9 Å². The molecule has 7 heteroatoms. The van der Waals surface area contributed by atoms with Crippen molar-refractivity contribution in [1.29, 1.82) is 0 Å². The number of nitrogens with zero attached hydrogens (tertiary/aromatic N) is 1. The summed E-state index contributed by atoms with van der Waals surface area (Å²) in [4.78, 5) is 28.0. The van der Waals surface area contributed by atoms with E-state index < -0.39 is 17.3 Å². The lowest BCUT2D eigenvalue weighted by molar-refractivity contribution is 0.0707. The fraction of sp³-hybridized carbons (Fsp3) is 0.273. The SMILES string of the molecule is COCCCN1C(=O)c2oc3ccc(F)cc3c(=O)c2C1c1cccc(OC)c1. The van der Waals surface area contributed by atoms with E-state index in [0.29, 0.717) is 25.3 Å². The number of ether oxygens (including phenoxy) is 2. The van der Waals surface area contributed by atoms with Gasteiger partial charge in [-0.15, -0.1) is 0 Å². The molecule has 1 amide bonds. The van der Waals surface area contributed by atoms with Crippen LogP contribution in [-0.4, -0.2) is 38.2 Å². The van der Waals surface area contributed by atoms with Gasteiger partial charge in [0.2, 0.25) is 5.76 Å². The highest BCUT2D eigenvalue weighted by Gasteiger charge is 2.42. The van der Waals surface area contributed by atoms with Crippen LogP contribution in [0.25, 0.3) is 11.0 Å². The second-order valence-electron chi connectivity index (χ2n) is 6.84. The molecule has 1 aliphatic heterocycles. The Bertz CT molecular complexity index is 1140. The summed E-state index contributed by atoms with van der Waals surface area (Å²) in [5.74, 6) is -0.299. The summed E-state index contributed by atoms with van der Waals surface area (Å²) in [5.41, 5.74) is 0.721. The van der Waals surface area contributed by atoms with E-state index in [1.165, 1.54) is 12.1 Å². The summed E-state index contributed by atoms with van der Waals surface area (Å²) >= 11 is 0. The zero-order chi connectivity index (χ0) is 20.5. The molecule has 0 saturated carbocycles. The summed E-state index contributed by atoms with van der Waals surface area (Å²) in [6.07, 6.45) is 0.596. The highest BCUT2D eigenvalue weighted by atomic mass is 19.1. The van der Waals surface area contributed by atoms with Crippen LogP contribution >= 0.6 is 0 Å². The molecule has 1 atom stereocenters. The Labute approximate surface area is 166 Å². The molecule has 0 bridgehead atoms. The molecule has 2 aromatic carbocycles. The molecule has 1 aliphatic rings. The van der Waals surface area contributed by atoms with E-state index in [1.54, 1.807) is 37.3 Å². The van der Waals surface area contributed by atoms with Crippen molar-refractivity contribution in [1.82, 2.24) is 4.90 Å². The first-order valence-electron chi connectivity index (χ1n) is 9.25. The molecule has 3 aromatic rings. The van der Waals surface area contributed by atoms with Gasteiger partial charge in [-0.3, -0.25) is 9.59 Å². The number of fused-ring (bicyclic) bond motifs is 2. The lowest BCUT2D eigenvalue weighted by atomic mass is 9.98. The zero-order valence-corrected chi connectivity index (χ0v) is 16.1. The lowest BCUT2D eigenvalue weighted by Crippen LogP contribution is -2.31. The molecule has 1 unspecified atom stereocenters. The van der Waals surface area contributed by atoms with Crippen molar-refractivity contribution in [2.24, 2.45) is 0 Å². The number of methoxy groups -OCH3 is 2. The minimum absolute atomic E-state index is 0.000607. The molecular weight excluding hydrogens is 377 g/mol. The number of rotatable bonds is 6. The van der Waals surface area contributed by atoms with Crippen LogP contribution in [0.2, 0.25) is 0 Å². The fourth-order valence-electron chi connectivity index (χ4n) is 3.76. The van der Waals surface area contributed by atoms with Crippen molar-refractivity contribution in [2.75, 3.05) is 27.4 Å². The van der Waals surface area contributed by atoms with Crippen LogP contribution in [0.5, 0.6) is 5.75 Å². The second kappa shape index (κ2) is 7.67. The third-order valence-corrected chi connectivity index (χ3v) is 5.08. The normalized spacial score (nSPS) is 15.8. The van der Waals surface area contributed by atoms with Gasteiger partial charge in [-0.25, -0.2) is 4.39 Å². The number of hydrogen-bond acceptors (Lipinski definition) is 5. The smallest absolute Gasteiger partial charge is 0.290 e. The molecule has 0 saturated heterocycles. The Morgan fingerprint density at radius 2 is 1.97 bits per heavy atom. The lowest BCUT2D eigenvalue weighted by Gasteiger charge is -2.25. The van der Waals surface area contributed by atoms with Crippen LogP contribution in [0.4, 0.5) is 4.39 Å². The molecule has 0 spiro atoms. The maximum absolute atomic E-state index is 13.8. The average molecular weight is 397 g/mol. The van der Waals surface area contributed by atoms with E-state index in [1.807, 2.05) is 6.07 Å². The average Bonchev–Trinajstić information content (AvgIpc) is 3.01. The molecule has 0 N–H and O–H groups in total. The molecule has 6 nitrogen and oxygen atoms in total. The number of benzene rings is 2. The first-order valence-corrected chi connectivity index (χ1v) is 9.25. The molecule has 4 rings (SSSR count). The Kier molecular flexibility index (Phi) is 5.07. The van der Waals surface area contributed by atoms with E-state index in [0.717, 1.165) is 11.6 Å². The molecule has 0 aliphatic carbocycles. The third-order valence-electron chi connectivity index (χ3n) is 5.08. The molecule has 0 radical (unpaired) electrons. The van der Waals surface area contributed by atoms with Gasteiger partial charge in [-0.05, 0) is 42.3 Å². The zero-order valence-electron chi connectivity index (χ0n) is 16.1. The molecular formula is C22H20FNO5. The minimum atomic E-state index is -0.645. The monoisotopic (exact) mass is 397 g/mol. The van der Waals surface area contributed by atoms with Gasteiger partial charge in [0.1, 0.15) is 17.1 Å². The van der Waals surface area contributed by atoms with E-state index in [9.17, 15) is 14.0 Å². The van der Waals surface area contributed by atoms with Crippen LogP contribution < -0.4 is 10.2 Å².